The number of rotatable bonds is 2. The zero-order chi connectivity index (χ0) is 9.26. The summed E-state index contributed by atoms with van der Waals surface area (Å²) in [6.45, 7) is 2.05. The molecule has 0 fully saturated rings. The van der Waals surface area contributed by atoms with Crippen LogP contribution in [0.2, 0.25) is 0 Å². The van der Waals surface area contributed by atoms with Crippen LogP contribution in [0.1, 0.15) is 23.2 Å². The highest BCUT2D eigenvalue weighted by Gasteiger charge is 2.06. The number of carbonyl (C=O) groups is 1. The molecule has 0 aliphatic rings. The number of oxazole rings is 1. The van der Waals surface area contributed by atoms with Gasteiger partial charge >= 0.3 is 0 Å². The number of aldehydes is 1. The summed E-state index contributed by atoms with van der Waals surface area (Å²) in [5.41, 5.74) is 2.59. The second-order valence-corrected chi connectivity index (χ2v) is 2.79. The molecule has 66 valence electrons. The number of aromatic nitrogens is 1. The van der Waals surface area contributed by atoms with E-state index >= 15 is 0 Å². The molecule has 3 heteroatoms. The van der Waals surface area contributed by atoms with Crippen LogP contribution in [0.25, 0.3) is 11.1 Å². The van der Waals surface area contributed by atoms with Crippen LogP contribution in [0.4, 0.5) is 0 Å². The third kappa shape index (κ3) is 1.22. The molecular formula is C10H9NO2. The summed E-state index contributed by atoms with van der Waals surface area (Å²) in [7, 11) is 0. The molecule has 2 rings (SSSR count). The molecule has 2 aromatic rings. The van der Waals surface area contributed by atoms with Gasteiger partial charge in [-0.25, -0.2) is 4.98 Å². The van der Waals surface area contributed by atoms with Gasteiger partial charge in [0.2, 0.25) is 6.29 Å². The molecule has 0 bridgehead atoms. The van der Waals surface area contributed by atoms with Gasteiger partial charge < -0.3 is 4.42 Å². The lowest BCUT2D eigenvalue weighted by Gasteiger charge is -1.93. The molecular weight excluding hydrogens is 166 g/mol. The van der Waals surface area contributed by atoms with Gasteiger partial charge in [-0.1, -0.05) is 19.1 Å². The molecule has 0 radical (unpaired) electrons. The fourth-order valence-electron chi connectivity index (χ4n) is 1.36. The van der Waals surface area contributed by atoms with Crippen molar-refractivity contribution < 1.29 is 9.21 Å². The van der Waals surface area contributed by atoms with E-state index in [1.165, 1.54) is 0 Å². The lowest BCUT2D eigenvalue weighted by Crippen LogP contribution is -1.82. The Bertz CT molecular complexity index is 445. The smallest absolute Gasteiger partial charge is 0.260 e. The van der Waals surface area contributed by atoms with Crippen molar-refractivity contribution >= 4 is 17.4 Å². The summed E-state index contributed by atoms with van der Waals surface area (Å²) in [5, 5.41) is 0. The molecule has 1 aromatic heterocycles. The second kappa shape index (κ2) is 3.01. The zero-order valence-electron chi connectivity index (χ0n) is 7.28. The predicted octanol–water partition coefficient (Wildman–Crippen LogP) is 2.20. The summed E-state index contributed by atoms with van der Waals surface area (Å²) in [6.07, 6.45) is 1.52. The summed E-state index contributed by atoms with van der Waals surface area (Å²) in [4.78, 5) is 14.5. The van der Waals surface area contributed by atoms with Crippen molar-refractivity contribution in [3.63, 3.8) is 0 Å². The van der Waals surface area contributed by atoms with E-state index in [2.05, 4.69) is 4.98 Å². The molecule has 0 aliphatic heterocycles. The van der Waals surface area contributed by atoms with Crippen LogP contribution < -0.4 is 0 Å². The van der Waals surface area contributed by atoms with E-state index in [0.717, 1.165) is 17.5 Å². The maximum atomic E-state index is 10.4. The number of carbonyl (C=O) groups excluding carboxylic acids is 1. The summed E-state index contributed by atoms with van der Waals surface area (Å²) in [5.74, 6) is 0.149. The predicted molar refractivity (Wildman–Crippen MR) is 48.8 cm³/mol. The molecule has 1 aromatic carbocycles. The van der Waals surface area contributed by atoms with Gasteiger partial charge in [-0.3, -0.25) is 4.79 Å². The fraction of sp³-hybridized carbons (Fsp3) is 0.200. The van der Waals surface area contributed by atoms with Crippen LogP contribution in [-0.4, -0.2) is 11.3 Å². The third-order valence-corrected chi connectivity index (χ3v) is 2.00. The van der Waals surface area contributed by atoms with Crippen LogP contribution in [0.3, 0.4) is 0 Å². The monoisotopic (exact) mass is 175 g/mol. The minimum atomic E-state index is 0.149. The molecule has 0 aliphatic carbocycles. The summed E-state index contributed by atoms with van der Waals surface area (Å²) in [6, 6.07) is 5.70. The van der Waals surface area contributed by atoms with Gasteiger partial charge in [-0.2, -0.15) is 0 Å². The molecule has 0 unspecified atom stereocenters. The molecule has 0 saturated heterocycles. The Hall–Kier alpha value is -1.64. The molecule has 3 nitrogen and oxygen atoms in total. The molecule has 0 amide bonds. The highest BCUT2D eigenvalue weighted by Crippen LogP contribution is 2.18. The van der Waals surface area contributed by atoms with Crippen molar-refractivity contribution in [1.82, 2.24) is 4.98 Å². The van der Waals surface area contributed by atoms with Gasteiger partial charge in [0, 0.05) is 0 Å². The first-order valence-electron chi connectivity index (χ1n) is 4.18. The number of aryl methyl sites for hydroxylation is 1. The van der Waals surface area contributed by atoms with Crippen molar-refractivity contribution in [3.8, 4) is 0 Å². The molecule has 1 heterocycles. The van der Waals surface area contributed by atoms with E-state index in [1.807, 2.05) is 25.1 Å². The average Bonchev–Trinajstić information content (AvgIpc) is 2.59. The van der Waals surface area contributed by atoms with Gasteiger partial charge in [-0.15, -0.1) is 0 Å². The van der Waals surface area contributed by atoms with Crippen LogP contribution in [0.5, 0.6) is 0 Å². The number of hydrogen-bond donors (Lipinski definition) is 0. The maximum Gasteiger partial charge on any atom is 0.260 e. The summed E-state index contributed by atoms with van der Waals surface area (Å²) < 4.78 is 5.18. The lowest BCUT2D eigenvalue weighted by molar-refractivity contribution is 0.109. The third-order valence-electron chi connectivity index (χ3n) is 2.00. The SMILES string of the molecule is CCc1cccc2oc(C=O)nc12. The minimum absolute atomic E-state index is 0.149. The number of nitrogens with zero attached hydrogens (tertiary/aromatic N) is 1. The average molecular weight is 175 g/mol. The first-order chi connectivity index (χ1) is 6.35. The maximum absolute atomic E-state index is 10.4. The van der Waals surface area contributed by atoms with Gasteiger partial charge in [0.05, 0.1) is 0 Å². The Labute approximate surface area is 75.4 Å². The van der Waals surface area contributed by atoms with E-state index < -0.39 is 0 Å². The van der Waals surface area contributed by atoms with Crippen molar-refractivity contribution in [2.45, 2.75) is 13.3 Å². The quantitative estimate of drug-likeness (QED) is 0.657. The van der Waals surface area contributed by atoms with Crippen LogP contribution in [-0.2, 0) is 6.42 Å². The van der Waals surface area contributed by atoms with Crippen LogP contribution in [0, 0.1) is 0 Å². The molecule has 0 N–H and O–H groups in total. The number of fused-ring (bicyclic) bond motifs is 1. The Morgan fingerprint density at radius 3 is 3.08 bits per heavy atom. The molecule has 13 heavy (non-hydrogen) atoms. The Morgan fingerprint density at radius 2 is 2.38 bits per heavy atom. The molecule has 0 spiro atoms. The Morgan fingerprint density at radius 1 is 1.54 bits per heavy atom. The van der Waals surface area contributed by atoms with E-state index in [9.17, 15) is 4.79 Å². The second-order valence-electron chi connectivity index (χ2n) is 2.79. The van der Waals surface area contributed by atoms with Crippen molar-refractivity contribution in [1.29, 1.82) is 0 Å². The normalized spacial score (nSPS) is 10.5. The fourth-order valence-corrected chi connectivity index (χ4v) is 1.36. The summed E-state index contributed by atoms with van der Waals surface area (Å²) >= 11 is 0. The van der Waals surface area contributed by atoms with Crippen LogP contribution >= 0.6 is 0 Å². The number of benzene rings is 1. The number of para-hydroxylation sites is 1. The molecule has 0 saturated carbocycles. The number of hydrogen-bond acceptors (Lipinski definition) is 3. The largest absolute Gasteiger partial charge is 0.434 e. The van der Waals surface area contributed by atoms with Crippen molar-refractivity contribution in [2.24, 2.45) is 0 Å². The van der Waals surface area contributed by atoms with Crippen molar-refractivity contribution in [3.05, 3.63) is 29.7 Å². The van der Waals surface area contributed by atoms with Gasteiger partial charge in [0.25, 0.3) is 5.89 Å². The van der Waals surface area contributed by atoms with Crippen molar-refractivity contribution in [2.75, 3.05) is 0 Å². The first-order valence-corrected chi connectivity index (χ1v) is 4.18. The van der Waals surface area contributed by atoms with E-state index in [0.29, 0.717) is 11.9 Å². The standard InChI is InChI=1S/C10H9NO2/c1-2-7-4-3-5-8-10(7)11-9(6-12)13-8/h3-6H,2H2,1H3. The molecule has 0 atom stereocenters. The lowest BCUT2D eigenvalue weighted by atomic mass is 10.1. The van der Waals surface area contributed by atoms with Crippen LogP contribution in [0.15, 0.2) is 22.6 Å². The zero-order valence-corrected chi connectivity index (χ0v) is 7.28. The first kappa shape index (κ1) is 7.98. The Kier molecular flexibility index (Phi) is 1.85. The van der Waals surface area contributed by atoms with E-state index in [-0.39, 0.29) is 5.89 Å². The highest BCUT2D eigenvalue weighted by atomic mass is 16.4. The van der Waals surface area contributed by atoms with E-state index in [1.54, 1.807) is 0 Å². The van der Waals surface area contributed by atoms with Gasteiger partial charge in [0.1, 0.15) is 5.52 Å². The minimum Gasteiger partial charge on any atom is -0.434 e. The van der Waals surface area contributed by atoms with Gasteiger partial charge in [0.15, 0.2) is 5.58 Å². The highest BCUT2D eigenvalue weighted by molar-refractivity contribution is 5.81. The van der Waals surface area contributed by atoms with E-state index in [4.69, 9.17) is 4.42 Å². The van der Waals surface area contributed by atoms with Gasteiger partial charge in [-0.05, 0) is 18.1 Å². The Balaban J connectivity index is 2.74. The topological polar surface area (TPSA) is 43.1 Å².